The van der Waals surface area contributed by atoms with E-state index in [2.05, 4.69) is 0 Å². The number of rotatable bonds is 12. The minimum absolute atomic E-state index is 0.237. The van der Waals surface area contributed by atoms with Crippen molar-refractivity contribution in [3.63, 3.8) is 0 Å². The lowest BCUT2D eigenvalue weighted by Gasteiger charge is -2.24. The predicted molar refractivity (Wildman–Crippen MR) is 76.1 cm³/mol. The molecule has 0 aromatic rings. The maximum atomic E-state index is 12.3. The number of hydrogen-bond donors (Lipinski definition) is 0. The molecular weight excluding hydrogens is 285 g/mol. The fourth-order valence-electron chi connectivity index (χ4n) is 1.55. The third-order valence-corrected chi connectivity index (χ3v) is 4.42. The van der Waals surface area contributed by atoms with E-state index in [0.29, 0.717) is 26.3 Å². The Bertz CT molecular complexity index is 294. The minimum atomic E-state index is -3.37. The van der Waals surface area contributed by atoms with Crippen LogP contribution in [0.2, 0.25) is 0 Å². The summed E-state index contributed by atoms with van der Waals surface area (Å²) in [6.45, 7) is 5.54. The molecule has 8 heteroatoms. The molecule has 0 fully saturated rings. The van der Waals surface area contributed by atoms with Crippen LogP contribution in [0.4, 0.5) is 0 Å². The molecule has 20 heavy (non-hydrogen) atoms. The molecule has 0 rings (SSSR count). The summed E-state index contributed by atoms with van der Waals surface area (Å²) in [6.07, 6.45) is -0.262. The van der Waals surface area contributed by atoms with Gasteiger partial charge in [0.2, 0.25) is 5.91 Å². The van der Waals surface area contributed by atoms with Gasteiger partial charge in [-0.25, -0.2) is 0 Å². The molecule has 0 aromatic carbocycles. The van der Waals surface area contributed by atoms with Gasteiger partial charge in [0.25, 0.3) is 0 Å². The maximum absolute atomic E-state index is 12.3. The number of methoxy groups -OCH3 is 2. The average Bonchev–Trinajstić information content (AvgIpc) is 2.39. The van der Waals surface area contributed by atoms with Crippen LogP contribution < -0.4 is 0 Å². The average molecular weight is 311 g/mol. The summed E-state index contributed by atoms with van der Waals surface area (Å²) in [5.74, 6) is -0.288. The topological polar surface area (TPSA) is 74.3 Å². The molecule has 0 saturated carbocycles. The minimum Gasteiger partial charge on any atom is -0.383 e. The highest BCUT2D eigenvalue weighted by atomic mass is 31.2. The molecule has 0 spiro atoms. The zero-order valence-electron chi connectivity index (χ0n) is 12.8. The second kappa shape index (κ2) is 11.2. The molecule has 0 aliphatic heterocycles. The van der Waals surface area contributed by atoms with Crippen LogP contribution in [-0.2, 0) is 27.9 Å². The van der Waals surface area contributed by atoms with Gasteiger partial charge in [-0.2, -0.15) is 0 Å². The Labute approximate surface area is 121 Å². The number of nitrogens with zero attached hydrogens (tertiary/aromatic N) is 1. The predicted octanol–water partition coefficient (Wildman–Crippen LogP) is 1.37. The lowest BCUT2D eigenvalue weighted by Crippen LogP contribution is -2.38. The highest BCUT2D eigenvalue weighted by Crippen LogP contribution is 2.47. The summed E-state index contributed by atoms with van der Waals surface area (Å²) in [6, 6.07) is 0. The zero-order valence-corrected chi connectivity index (χ0v) is 13.7. The lowest BCUT2D eigenvalue weighted by molar-refractivity contribution is -0.130. The van der Waals surface area contributed by atoms with E-state index in [4.69, 9.17) is 18.5 Å². The summed E-state index contributed by atoms with van der Waals surface area (Å²) >= 11 is 0. The number of ether oxygens (including phenoxy) is 2. The van der Waals surface area contributed by atoms with Crippen molar-refractivity contribution in [2.45, 2.75) is 13.8 Å². The molecule has 120 valence electrons. The van der Waals surface area contributed by atoms with Gasteiger partial charge in [-0.15, -0.1) is 0 Å². The Balaban J connectivity index is 4.63. The first-order valence-electron chi connectivity index (χ1n) is 6.66. The van der Waals surface area contributed by atoms with Crippen molar-refractivity contribution in [1.29, 1.82) is 0 Å². The number of amides is 1. The van der Waals surface area contributed by atoms with Crippen LogP contribution in [0.5, 0.6) is 0 Å². The maximum Gasteiger partial charge on any atom is 0.340 e. The van der Waals surface area contributed by atoms with Gasteiger partial charge in [0, 0.05) is 27.3 Å². The van der Waals surface area contributed by atoms with Crippen LogP contribution in [-0.4, -0.2) is 70.7 Å². The van der Waals surface area contributed by atoms with Gasteiger partial charge < -0.3 is 23.4 Å². The summed E-state index contributed by atoms with van der Waals surface area (Å²) in [5, 5.41) is 0. The Hall–Kier alpha value is -0.460. The van der Waals surface area contributed by atoms with Crippen molar-refractivity contribution in [2.24, 2.45) is 0 Å². The van der Waals surface area contributed by atoms with E-state index in [9.17, 15) is 9.36 Å². The van der Waals surface area contributed by atoms with Crippen molar-refractivity contribution < 1.29 is 27.9 Å². The molecule has 0 bridgehead atoms. The van der Waals surface area contributed by atoms with Gasteiger partial charge in [-0.05, 0) is 13.8 Å². The van der Waals surface area contributed by atoms with E-state index in [1.54, 1.807) is 28.1 Å². The van der Waals surface area contributed by atoms with E-state index < -0.39 is 7.60 Å². The Kier molecular flexibility index (Phi) is 11.0. The van der Waals surface area contributed by atoms with Crippen molar-refractivity contribution in [3.05, 3.63) is 0 Å². The van der Waals surface area contributed by atoms with E-state index in [1.165, 1.54) is 4.90 Å². The molecule has 0 heterocycles. The second-order valence-electron chi connectivity index (χ2n) is 3.97. The van der Waals surface area contributed by atoms with Gasteiger partial charge in [-0.3, -0.25) is 9.36 Å². The van der Waals surface area contributed by atoms with Crippen LogP contribution in [0.15, 0.2) is 0 Å². The van der Waals surface area contributed by atoms with Crippen molar-refractivity contribution in [1.82, 2.24) is 4.90 Å². The fraction of sp³-hybridized carbons (Fsp3) is 0.917. The zero-order chi connectivity index (χ0) is 15.4. The van der Waals surface area contributed by atoms with Crippen LogP contribution in [0.25, 0.3) is 0 Å². The van der Waals surface area contributed by atoms with E-state index in [0.717, 1.165) is 0 Å². The molecule has 0 atom stereocenters. The van der Waals surface area contributed by atoms with Crippen LogP contribution in [0, 0.1) is 0 Å². The summed E-state index contributed by atoms with van der Waals surface area (Å²) in [7, 11) is -0.247. The molecule has 0 aliphatic carbocycles. The van der Waals surface area contributed by atoms with Crippen molar-refractivity contribution in [2.75, 3.05) is 59.9 Å². The summed E-state index contributed by atoms with van der Waals surface area (Å²) in [5.41, 5.74) is 0. The van der Waals surface area contributed by atoms with Crippen molar-refractivity contribution in [3.8, 4) is 0 Å². The smallest absolute Gasteiger partial charge is 0.340 e. The standard InChI is InChI=1S/C12H26NO6P/c1-5-18-20(15,19-6-2)11-12(14)13(7-9-16-3)8-10-17-4/h5-11H2,1-4H3. The van der Waals surface area contributed by atoms with E-state index in [-0.39, 0.29) is 25.3 Å². The summed E-state index contributed by atoms with van der Waals surface area (Å²) in [4.78, 5) is 13.7. The van der Waals surface area contributed by atoms with Crippen LogP contribution >= 0.6 is 7.60 Å². The van der Waals surface area contributed by atoms with Gasteiger partial charge in [0.1, 0.15) is 6.16 Å². The van der Waals surface area contributed by atoms with Crippen molar-refractivity contribution >= 4 is 13.5 Å². The molecule has 0 aliphatic rings. The number of carbonyl (C=O) groups is 1. The van der Waals surface area contributed by atoms with Gasteiger partial charge >= 0.3 is 7.60 Å². The molecule has 0 radical (unpaired) electrons. The fourth-order valence-corrected chi connectivity index (χ4v) is 3.13. The normalized spacial score (nSPS) is 11.6. The highest BCUT2D eigenvalue weighted by molar-refractivity contribution is 7.54. The number of hydrogen-bond acceptors (Lipinski definition) is 6. The van der Waals surface area contributed by atoms with Crippen LogP contribution in [0.1, 0.15) is 13.8 Å². The van der Waals surface area contributed by atoms with E-state index >= 15 is 0 Å². The van der Waals surface area contributed by atoms with Gasteiger partial charge in [0.15, 0.2) is 0 Å². The van der Waals surface area contributed by atoms with Gasteiger partial charge in [0.05, 0.1) is 26.4 Å². The Morgan fingerprint density at radius 3 is 1.80 bits per heavy atom. The Morgan fingerprint density at radius 2 is 1.45 bits per heavy atom. The number of carbonyl (C=O) groups excluding carboxylic acids is 1. The quantitative estimate of drug-likeness (QED) is 0.507. The first-order chi connectivity index (χ1) is 9.52. The molecule has 0 unspecified atom stereocenters. The largest absolute Gasteiger partial charge is 0.383 e. The van der Waals surface area contributed by atoms with Crippen LogP contribution in [0.3, 0.4) is 0 Å². The monoisotopic (exact) mass is 311 g/mol. The lowest BCUT2D eigenvalue weighted by atomic mass is 10.4. The first-order valence-corrected chi connectivity index (χ1v) is 8.39. The van der Waals surface area contributed by atoms with Gasteiger partial charge in [-0.1, -0.05) is 0 Å². The Morgan fingerprint density at radius 1 is 1.00 bits per heavy atom. The molecule has 0 saturated heterocycles. The molecule has 7 nitrogen and oxygen atoms in total. The SMILES string of the molecule is CCOP(=O)(CC(=O)N(CCOC)CCOC)OCC. The highest BCUT2D eigenvalue weighted by Gasteiger charge is 2.30. The molecular formula is C12H26NO6P. The molecule has 0 aromatic heterocycles. The van der Waals surface area contributed by atoms with E-state index in [1.807, 2.05) is 0 Å². The third kappa shape index (κ3) is 7.97. The first kappa shape index (κ1) is 19.5. The molecule has 0 N–H and O–H groups in total. The molecule has 1 amide bonds. The third-order valence-electron chi connectivity index (χ3n) is 2.46. The summed E-state index contributed by atoms with van der Waals surface area (Å²) < 4.78 is 32.5. The second-order valence-corrected chi connectivity index (χ2v) is 6.03.